The molecule has 0 spiro atoms. The summed E-state index contributed by atoms with van der Waals surface area (Å²) in [4.78, 5) is 138. The van der Waals surface area contributed by atoms with Crippen molar-refractivity contribution in [2.45, 2.75) is 318 Å². The van der Waals surface area contributed by atoms with E-state index in [9.17, 15) is 58.2 Å². The van der Waals surface area contributed by atoms with E-state index in [1.165, 1.54) is 87.7 Å². The molecule has 10 amide bonds. The lowest BCUT2D eigenvalue weighted by atomic mass is 10.1. The van der Waals surface area contributed by atoms with Gasteiger partial charge in [0.1, 0.15) is 36.3 Å². The standard InChI is InChI=1S/C74H148N18O12S2/c1-3-5-7-9-11-13-15-17-19-31-45-85-69(99)61(51-93)89-73(103)63(91-71(101)59(87-67(97)57(81)37-23-29-43-77)39-25-33-47-83-65(95)55(79)35-21-27-41-75)53-105-49-50-106-54-64(74(104)90-62(52-94)70(100)86-46-32-20-18-16-14-12-10-8-6-4-2)92-72(102)60(88-68(98)58(82)38-24-30-44-78)40-26-34-48-84-66(96)56(80)36-22-28-42-76/h55-64,93-94H,3-54,75-82H2,1-2H3,(H,83,95)(H,84,96)(H,85,99)(H,86,100)(H,87,97)(H,88,98)(H,89,103)(H,90,104)(H,91,101)(H,92,102)/t55?,56?,57?,58?,59?,60?,61-,62-,63?,64?/m0/s1. The number of nitrogens with two attached hydrogens (primary N) is 8. The summed E-state index contributed by atoms with van der Waals surface area (Å²) in [5, 5.41) is 48.6. The Bertz CT molecular complexity index is 2180. The maximum atomic E-state index is 14.5. The fourth-order valence-corrected chi connectivity index (χ4v) is 13.8. The smallest absolute Gasteiger partial charge is 0.244 e. The minimum atomic E-state index is -1.39. The lowest BCUT2D eigenvalue weighted by Gasteiger charge is -2.26. The van der Waals surface area contributed by atoms with Crippen molar-refractivity contribution in [2.24, 2.45) is 45.9 Å². The molecule has 0 aromatic rings. The molecule has 0 aliphatic heterocycles. The molecule has 618 valence electrons. The fraction of sp³-hybridized carbons (Fsp3) is 0.865. The molecule has 0 rings (SSSR count). The molecule has 10 atom stereocenters. The molecular formula is C74H148N18O12S2. The van der Waals surface area contributed by atoms with Gasteiger partial charge in [0.2, 0.25) is 59.1 Å². The van der Waals surface area contributed by atoms with Gasteiger partial charge in [-0.3, -0.25) is 47.9 Å². The normalized spacial score (nSPS) is 14.2. The first kappa shape index (κ1) is 101. The van der Waals surface area contributed by atoms with E-state index in [-0.39, 0.29) is 73.6 Å². The Morgan fingerprint density at radius 2 is 0.491 bits per heavy atom. The molecule has 0 bridgehead atoms. The van der Waals surface area contributed by atoms with Crippen molar-refractivity contribution >= 4 is 82.6 Å². The van der Waals surface area contributed by atoms with Gasteiger partial charge in [0, 0.05) is 49.2 Å². The number of carbonyl (C=O) groups is 10. The Hall–Kier alpha value is -5.00. The van der Waals surface area contributed by atoms with E-state index in [1.807, 2.05) is 0 Å². The second-order valence-electron chi connectivity index (χ2n) is 28.0. The van der Waals surface area contributed by atoms with E-state index in [0.717, 1.165) is 64.2 Å². The highest BCUT2D eigenvalue weighted by molar-refractivity contribution is 8.03. The number of carbonyl (C=O) groups excluding carboxylic acids is 10. The van der Waals surface area contributed by atoms with Crippen LogP contribution in [0.1, 0.15) is 258 Å². The van der Waals surface area contributed by atoms with E-state index in [2.05, 4.69) is 67.0 Å². The van der Waals surface area contributed by atoms with E-state index < -0.39 is 121 Å². The minimum Gasteiger partial charge on any atom is -0.394 e. The Morgan fingerprint density at radius 1 is 0.264 bits per heavy atom. The first-order chi connectivity index (χ1) is 51.2. The summed E-state index contributed by atoms with van der Waals surface area (Å²) in [6.45, 7) is 5.70. The molecule has 0 aliphatic carbocycles. The number of hydrogen-bond acceptors (Lipinski definition) is 22. The van der Waals surface area contributed by atoms with Crippen molar-refractivity contribution in [1.29, 1.82) is 0 Å². The summed E-state index contributed by atoms with van der Waals surface area (Å²) in [5.74, 6) is -5.85. The molecule has 30 nitrogen and oxygen atoms in total. The van der Waals surface area contributed by atoms with Crippen LogP contribution in [-0.2, 0) is 47.9 Å². The van der Waals surface area contributed by atoms with Gasteiger partial charge < -0.3 is 109 Å². The molecule has 106 heavy (non-hydrogen) atoms. The number of rotatable bonds is 73. The van der Waals surface area contributed by atoms with Crippen LogP contribution in [0.15, 0.2) is 0 Å². The van der Waals surface area contributed by atoms with Crippen LogP contribution in [0, 0.1) is 0 Å². The summed E-state index contributed by atoms with van der Waals surface area (Å²) in [7, 11) is 0. The second-order valence-corrected chi connectivity index (χ2v) is 30.3. The van der Waals surface area contributed by atoms with Crippen LogP contribution in [0.5, 0.6) is 0 Å². The average molecular weight is 1550 g/mol. The molecule has 0 saturated carbocycles. The predicted octanol–water partition coefficient (Wildman–Crippen LogP) is 1.82. The maximum Gasteiger partial charge on any atom is 0.244 e. The van der Waals surface area contributed by atoms with Gasteiger partial charge in [0.05, 0.1) is 37.4 Å². The van der Waals surface area contributed by atoms with Gasteiger partial charge in [-0.25, -0.2) is 0 Å². The zero-order chi connectivity index (χ0) is 78.8. The summed E-state index contributed by atoms with van der Waals surface area (Å²) >= 11 is 2.44. The van der Waals surface area contributed by atoms with Crippen LogP contribution in [0.25, 0.3) is 0 Å². The third-order valence-corrected chi connectivity index (χ3v) is 20.8. The van der Waals surface area contributed by atoms with Gasteiger partial charge >= 0.3 is 0 Å². The Morgan fingerprint density at radius 3 is 0.774 bits per heavy atom. The van der Waals surface area contributed by atoms with Crippen molar-refractivity contribution < 1.29 is 58.2 Å². The first-order valence-electron chi connectivity index (χ1n) is 40.3. The zero-order valence-corrected chi connectivity index (χ0v) is 66.6. The van der Waals surface area contributed by atoms with Crippen LogP contribution < -0.4 is 99.0 Å². The van der Waals surface area contributed by atoms with E-state index in [4.69, 9.17) is 45.9 Å². The van der Waals surface area contributed by atoms with Gasteiger partial charge in [-0.15, -0.1) is 0 Å². The van der Waals surface area contributed by atoms with Crippen LogP contribution in [-0.4, -0.2) is 218 Å². The van der Waals surface area contributed by atoms with Crippen molar-refractivity contribution in [1.82, 2.24) is 53.2 Å². The minimum absolute atomic E-state index is 0.0698. The lowest BCUT2D eigenvalue weighted by molar-refractivity contribution is -0.134. The first-order valence-corrected chi connectivity index (χ1v) is 42.6. The third kappa shape index (κ3) is 53.0. The average Bonchev–Trinajstić information content (AvgIpc) is 0.874. The maximum absolute atomic E-state index is 14.5. The summed E-state index contributed by atoms with van der Waals surface area (Å²) in [6.07, 6.45) is 30.1. The quantitative estimate of drug-likeness (QED) is 0.0386. The van der Waals surface area contributed by atoms with Gasteiger partial charge in [0.25, 0.3) is 0 Å². The number of hydrogen-bond donors (Lipinski definition) is 20. The van der Waals surface area contributed by atoms with Gasteiger partial charge in [-0.1, -0.05) is 155 Å². The molecule has 32 heteroatoms. The van der Waals surface area contributed by atoms with Crippen LogP contribution in [0.3, 0.4) is 0 Å². The summed E-state index contributed by atoms with van der Waals surface area (Å²) in [5.41, 5.74) is 47.4. The molecule has 0 aliphatic rings. The van der Waals surface area contributed by atoms with Crippen molar-refractivity contribution in [3.8, 4) is 0 Å². The highest BCUT2D eigenvalue weighted by Gasteiger charge is 2.33. The number of unbranched alkanes of at least 4 members (excludes halogenated alkanes) is 24. The molecule has 0 fully saturated rings. The Labute approximate surface area is 643 Å². The van der Waals surface area contributed by atoms with Crippen LogP contribution in [0.2, 0.25) is 0 Å². The van der Waals surface area contributed by atoms with Gasteiger partial charge in [-0.2, -0.15) is 23.5 Å². The monoisotopic (exact) mass is 1550 g/mol. The van der Waals surface area contributed by atoms with E-state index >= 15 is 0 Å². The number of amides is 10. The second kappa shape index (κ2) is 69.2. The number of aliphatic hydroxyl groups excluding tert-OH is 2. The summed E-state index contributed by atoms with van der Waals surface area (Å²) < 4.78 is 0. The molecular weight excluding hydrogens is 1400 g/mol. The Kier molecular flexibility index (Phi) is 65.9. The number of nitrogens with one attached hydrogen (secondary N) is 10. The van der Waals surface area contributed by atoms with Crippen molar-refractivity contribution in [2.75, 3.05) is 88.6 Å². The van der Waals surface area contributed by atoms with Crippen LogP contribution >= 0.6 is 23.5 Å². The van der Waals surface area contributed by atoms with Crippen LogP contribution in [0.4, 0.5) is 0 Å². The van der Waals surface area contributed by atoms with E-state index in [1.54, 1.807) is 0 Å². The van der Waals surface area contributed by atoms with Gasteiger partial charge in [0.15, 0.2) is 0 Å². The molecule has 28 N–H and O–H groups in total. The number of aliphatic hydroxyl groups is 2. The molecule has 0 saturated heterocycles. The van der Waals surface area contributed by atoms with E-state index in [0.29, 0.717) is 129 Å². The van der Waals surface area contributed by atoms with Crippen molar-refractivity contribution in [3.05, 3.63) is 0 Å². The largest absolute Gasteiger partial charge is 0.394 e. The summed E-state index contributed by atoms with van der Waals surface area (Å²) in [6, 6.07) is -11.3. The highest BCUT2D eigenvalue weighted by atomic mass is 32.2. The lowest BCUT2D eigenvalue weighted by Crippen LogP contribution is -2.59. The fourth-order valence-electron chi connectivity index (χ4n) is 11.5. The molecule has 8 unspecified atom stereocenters. The molecule has 0 aromatic carbocycles. The van der Waals surface area contributed by atoms with Gasteiger partial charge in [-0.05, 0) is 129 Å². The molecule has 0 aromatic heterocycles. The van der Waals surface area contributed by atoms with Crippen molar-refractivity contribution in [3.63, 3.8) is 0 Å². The molecule has 0 heterocycles. The molecule has 0 radical (unpaired) electrons. The predicted molar refractivity (Wildman–Crippen MR) is 427 cm³/mol. The number of thioether (sulfide) groups is 2. The zero-order valence-electron chi connectivity index (χ0n) is 65.0. The Balaban J connectivity index is 6.98. The highest BCUT2D eigenvalue weighted by Crippen LogP contribution is 2.16. The third-order valence-electron chi connectivity index (χ3n) is 18.4. The SMILES string of the molecule is CCCCCCCCCCCCNC(=O)[C@H](CO)NC(=O)C(CSCCSCC(NC(=O)C(CCCCNC(=O)C(N)CCCCN)NC(=O)C(N)CCCCN)C(=O)N[C@@H](CO)C(=O)NCCCCCCCCCCCC)NC(=O)C(CCCCNC(=O)C(N)CCCCN)NC(=O)C(N)CCCCN. The topological polar surface area (TPSA) is 540 Å².